The monoisotopic (exact) mass is 1300 g/mol. The number of carbonyl (C=O) groups excluding carboxylic acids is 2. The first kappa shape index (κ1) is 69.2. The molecular weight excluding hydrogens is 1230 g/mol. The smallest absolute Gasteiger partial charge is 0.314 e. The number of aromatic nitrogens is 6. The largest absolute Gasteiger partial charge is 0.377 e. The molecule has 4 amide bonds. The predicted octanol–water partition coefficient (Wildman–Crippen LogP) is 7.83. The van der Waals surface area contributed by atoms with Crippen molar-refractivity contribution in [2.45, 2.75) is 38.0 Å². The van der Waals surface area contributed by atoms with Crippen molar-refractivity contribution in [3.63, 3.8) is 0 Å². The number of likely N-dealkylation sites (N-methyl/N-ethyl adjacent to an activating group) is 2. The molecule has 4 aromatic carbocycles. The van der Waals surface area contributed by atoms with Gasteiger partial charge in [-0.2, -0.15) is 0 Å². The summed E-state index contributed by atoms with van der Waals surface area (Å²) in [6.45, 7) is 12.0. The summed E-state index contributed by atoms with van der Waals surface area (Å²) in [7, 11) is 4.20. The van der Waals surface area contributed by atoms with Crippen molar-refractivity contribution in [2.24, 2.45) is 0 Å². The van der Waals surface area contributed by atoms with Crippen LogP contribution in [0.4, 0.5) is 9.59 Å². The van der Waals surface area contributed by atoms with Crippen molar-refractivity contribution < 1.29 is 47.5 Å². The fraction of sp³-hybridized carbons (Fsp3) is 0.500. The summed E-state index contributed by atoms with van der Waals surface area (Å²) < 4.78 is 48.4. The van der Waals surface area contributed by atoms with Crippen LogP contribution in [0.2, 0.25) is 20.1 Å². The molecule has 0 aliphatic carbocycles. The molecule has 6 aromatic rings. The molecule has 0 radical (unpaired) electrons. The van der Waals surface area contributed by atoms with Gasteiger partial charge in [0.2, 0.25) is 0 Å². The zero-order valence-electron chi connectivity index (χ0n) is 49.2. The van der Waals surface area contributed by atoms with E-state index in [1.165, 1.54) is 11.1 Å². The molecule has 0 spiro atoms. The Morgan fingerprint density at radius 2 is 0.805 bits per heavy atom. The van der Waals surface area contributed by atoms with Gasteiger partial charge in [0.25, 0.3) is 0 Å². The lowest BCUT2D eigenvalue weighted by atomic mass is 9.84. The Hall–Kier alpha value is -5.25. The number of nitrogens with one attached hydrogen (secondary N) is 4. The van der Waals surface area contributed by atoms with E-state index >= 15 is 0 Å². The van der Waals surface area contributed by atoms with E-state index in [1.54, 1.807) is 9.36 Å². The van der Waals surface area contributed by atoms with Crippen LogP contribution in [-0.2, 0) is 64.1 Å². The third-order valence-corrected chi connectivity index (χ3v) is 15.3. The Morgan fingerprint density at radius 3 is 1.16 bits per heavy atom. The summed E-state index contributed by atoms with van der Waals surface area (Å²) in [5.41, 5.74) is 10.4. The number of amides is 4. The highest BCUT2D eigenvalue weighted by Gasteiger charge is 2.29. The van der Waals surface area contributed by atoms with Crippen LogP contribution in [0.15, 0.2) is 85.2 Å². The molecule has 2 aliphatic rings. The topological polar surface area (TPSA) is 224 Å². The summed E-state index contributed by atoms with van der Waals surface area (Å²) in [4.78, 5) is 28.7. The molecule has 8 rings (SSSR count). The third kappa shape index (κ3) is 22.9. The Labute approximate surface area is 534 Å². The first-order chi connectivity index (χ1) is 42.0. The van der Waals surface area contributed by atoms with E-state index in [1.807, 2.05) is 60.9 Å². The first-order valence-electron chi connectivity index (χ1n) is 29.0. The van der Waals surface area contributed by atoms with E-state index in [-0.39, 0.29) is 36.3 Å². The molecule has 87 heavy (non-hydrogen) atoms. The van der Waals surface area contributed by atoms with E-state index in [2.05, 4.69) is 90.1 Å². The Bertz CT molecular complexity index is 2860. The fourth-order valence-electron chi connectivity index (χ4n) is 9.96. The minimum Gasteiger partial charge on any atom is -0.377 e. The maximum absolute atomic E-state index is 12.1. The van der Waals surface area contributed by atoms with E-state index < -0.39 is 0 Å². The second-order valence-electron chi connectivity index (χ2n) is 20.7. The molecule has 2 aliphatic heterocycles. The summed E-state index contributed by atoms with van der Waals surface area (Å²) in [6.07, 6.45) is 3.85. The lowest BCUT2D eigenvalue weighted by Crippen LogP contribution is -2.39. The number of urea groups is 2. The number of carbonyl (C=O) groups is 2. The highest BCUT2D eigenvalue weighted by atomic mass is 35.5. The van der Waals surface area contributed by atoms with Gasteiger partial charge in [0, 0.05) is 95.4 Å². The minimum atomic E-state index is -0.313. The van der Waals surface area contributed by atoms with Crippen LogP contribution in [0.5, 0.6) is 0 Å². The van der Waals surface area contributed by atoms with Crippen LogP contribution >= 0.6 is 58.8 Å². The third-order valence-electron chi connectivity index (χ3n) is 14.1. The zero-order chi connectivity index (χ0) is 60.3. The molecule has 4 N–H and O–H groups in total. The van der Waals surface area contributed by atoms with Crippen molar-refractivity contribution in [2.75, 3.05) is 159 Å². The van der Waals surface area contributed by atoms with Crippen molar-refractivity contribution >= 4 is 70.9 Å². The average molecular weight is 1310 g/mol. The van der Waals surface area contributed by atoms with Gasteiger partial charge in [0.1, 0.15) is 11.4 Å². The number of benzene rings is 4. The summed E-state index contributed by atoms with van der Waals surface area (Å²) in [6, 6.07) is 23.8. The molecule has 2 atom stereocenters. The fourth-order valence-corrected chi connectivity index (χ4v) is 11.1. The van der Waals surface area contributed by atoms with E-state index in [0.717, 1.165) is 70.9 Å². The summed E-state index contributed by atoms with van der Waals surface area (Å²) in [5, 5.41) is 31.1. The summed E-state index contributed by atoms with van der Waals surface area (Å²) in [5.74, 6) is 0.264. The maximum Gasteiger partial charge on any atom is 0.314 e. The number of fused-ring (bicyclic) bond motifs is 2. The van der Waals surface area contributed by atoms with Gasteiger partial charge < -0.3 is 69.0 Å². The van der Waals surface area contributed by atoms with Gasteiger partial charge in [-0.25, -0.2) is 19.0 Å². The molecule has 0 unspecified atom stereocenters. The van der Waals surface area contributed by atoms with Gasteiger partial charge >= 0.3 is 12.1 Å². The van der Waals surface area contributed by atoms with Gasteiger partial charge in [-0.05, 0) is 83.9 Å². The second kappa shape index (κ2) is 37.7. The number of ether oxygens (including phenoxy) is 8. The van der Waals surface area contributed by atoms with Crippen molar-refractivity contribution in [3.8, 4) is 22.5 Å². The average Bonchev–Trinajstić information content (AvgIpc) is 1.55. The second-order valence-corrected chi connectivity index (χ2v) is 22.3. The Kier molecular flexibility index (Phi) is 30.0. The van der Waals surface area contributed by atoms with E-state index in [0.29, 0.717) is 165 Å². The predicted molar refractivity (Wildman–Crippen MR) is 337 cm³/mol. The number of nitrogens with zero attached hydrogens (tertiary/aromatic N) is 8. The molecule has 0 saturated carbocycles. The standard InChI is InChI=1S/C60H78Cl4N12O10.ClH/c1-73-37-51(49-33-47(61)35-55(63)53(49)39-73)43-5-3-7-45(31-43)57-41-75(71-69-57)13-19-83-25-29-85-27-23-81-17-11-67-59(77)65-9-15-79-21-22-80-16-10-66-60(78)68-12-18-82-24-28-86-30-26-84-20-14-76-42-58(70-72-76)46-8-4-6-44(32-46)52-38-74(2)40-54-50(52)34-48(62)36-56(54)64;/h3-8,31-36,41-42,51-52H,9-30,37-40H2,1-2H3,(H2,65,67,77)(H2,66,68,78);1H/t51-,52-;/m0./s1. The zero-order valence-corrected chi connectivity index (χ0v) is 53.0. The van der Waals surface area contributed by atoms with Gasteiger partial charge in [0.15, 0.2) is 0 Å². The van der Waals surface area contributed by atoms with Crippen LogP contribution in [0.25, 0.3) is 22.5 Å². The van der Waals surface area contributed by atoms with Gasteiger partial charge in [-0.3, -0.25) is 0 Å². The SMILES string of the molecule is CN1Cc2c(Cl)cc(Cl)cc2[C@H](c2cccc(-c3cn(CCOCCOCCOCCNC(=O)NCCOCCOCCNC(=O)NCCOCCOCCOCCn4cc(-c5cccc([C@@H]6CN(C)Cc7c(Cl)cc(Cl)cc76)c5)nn4)nn3)c2)C1.Cl. The number of hydrogen-bond acceptors (Lipinski definition) is 16. The number of rotatable bonds is 37. The van der Waals surface area contributed by atoms with Gasteiger partial charge in [-0.1, -0.05) is 93.2 Å². The summed E-state index contributed by atoms with van der Waals surface area (Å²) >= 11 is 26.0. The van der Waals surface area contributed by atoms with Crippen LogP contribution in [0, 0.1) is 0 Å². The molecular formula is C60H79Cl5N12O10. The highest BCUT2D eigenvalue weighted by molar-refractivity contribution is 6.35. The quantitative estimate of drug-likeness (QED) is 0.0273. The van der Waals surface area contributed by atoms with Crippen LogP contribution < -0.4 is 21.3 Å². The first-order valence-corrected chi connectivity index (χ1v) is 30.5. The molecule has 27 heteroatoms. The van der Waals surface area contributed by atoms with Crippen LogP contribution in [0.1, 0.15) is 45.2 Å². The highest BCUT2D eigenvalue weighted by Crippen LogP contribution is 2.41. The molecule has 2 aromatic heterocycles. The molecule has 4 heterocycles. The Morgan fingerprint density at radius 1 is 0.471 bits per heavy atom. The van der Waals surface area contributed by atoms with Gasteiger partial charge in [-0.15, -0.1) is 22.6 Å². The lowest BCUT2D eigenvalue weighted by Gasteiger charge is -2.33. The van der Waals surface area contributed by atoms with Gasteiger partial charge in [0.05, 0.1) is 131 Å². The Balaban J connectivity index is 0.0000108. The molecule has 0 fully saturated rings. The minimum absolute atomic E-state index is 0. The maximum atomic E-state index is 12.1. The number of hydrogen-bond donors (Lipinski definition) is 4. The molecule has 0 saturated heterocycles. The van der Waals surface area contributed by atoms with Crippen LogP contribution in [0.3, 0.4) is 0 Å². The van der Waals surface area contributed by atoms with Crippen molar-refractivity contribution in [1.82, 2.24) is 61.1 Å². The number of halogens is 5. The lowest BCUT2D eigenvalue weighted by molar-refractivity contribution is 0.0135. The van der Waals surface area contributed by atoms with Crippen LogP contribution in [-0.4, -0.2) is 211 Å². The molecule has 474 valence electrons. The van der Waals surface area contributed by atoms with E-state index in [9.17, 15) is 9.59 Å². The van der Waals surface area contributed by atoms with Crippen molar-refractivity contribution in [3.05, 3.63) is 139 Å². The molecule has 22 nitrogen and oxygen atoms in total. The van der Waals surface area contributed by atoms with Crippen molar-refractivity contribution in [1.29, 1.82) is 0 Å². The molecule has 0 bridgehead atoms. The van der Waals surface area contributed by atoms with E-state index in [4.69, 9.17) is 84.3 Å². The normalized spacial score (nSPS) is 15.0.